The van der Waals surface area contributed by atoms with E-state index in [9.17, 15) is 4.79 Å². The highest BCUT2D eigenvalue weighted by Gasteiger charge is 2.31. The lowest BCUT2D eigenvalue weighted by Crippen LogP contribution is -2.49. The van der Waals surface area contributed by atoms with Crippen molar-refractivity contribution in [3.63, 3.8) is 0 Å². The molecule has 1 aliphatic carbocycles. The Labute approximate surface area is 105 Å². The molecule has 1 aliphatic rings. The van der Waals surface area contributed by atoms with E-state index >= 15 is 0 Å². The lowest BCUT2D eigenvalue weighted by Gasteiger charge is -2.37. The predicted octanol–water partition coefficient (Wildman–Crippen LogP) is 1.51. The largest absolute Gasteiger partial charge is 0.302 e. The van der Waals surface area contributed by atoms with Crippen LogP contribution in [0.4, 0.5) is 0 Å². The van der Waals surface area contributed by atoms with Crippen LogP contribution in [0.25, 0.3) is 0 Å². The van der Waals surface area contributed by atoms with Crippen molar-refractivity contribution in [2.45, 2.75) is 52.5 Å². The molecular weight excluding hydrogens is 214 g/mol. The van der Waals surface area contributed by atoms with Crippen LogP contribution in [0.3, 0.4) is 0 Å². The van der Waals surface area contributed by atoms with Crippen LogP contribution in [0.15, 0.2) is 0 Å². The summed E-state index contributed by atoms with van der Waals surface area (Å²) in [5.41, 5.74) is 1.83. The van der Waals surface area contributed by atoms with Gasteiger partial charge >= 0.3 is 0 Å². The molecule has 1 fully saturated rings. The summed E-state index contributed by atoms with van der Waals surface area (Å²) in [5.74, 6) is 5.93. The van der Waals surface area contributed by atoms with E-state index in [0.717, 1.165) is 12.5 Å². The second-order valence-electron chi connectivity index (χ2n) is 6.20. The number of hydrogen-bond acceptors (Lipinski definition) is 3. The van der Waals surface area contributed by atoms with Gasteiger partial charge in [0.25, 0.3) is 0 Å². The molecule has 1 rings (SSSR count). The van der Waals surface area contributed by atoms with Gasteiger partial charge in [-0.1, -0.05) is 19.8 Å². The summed E-state index contributed by atoms with van der Waals surface area (Å²) >= 11 is 0. The molecule has 0 saturated heterocycles. The van der Waals surface area contributed by atoms with Crippen molar-refractivity contribution >= 4 is 5.91 Å². The first-order valence-electron chi connectivity index (χ1n) is 6.58. The Morgan fingerprint density at radius 1 is 1.47 bits per heavy atom. The SMILES string of the molecule is CC1CCCC(N(C)CC(C)(C)C(=O)NN)C1. The summed E-state index contributed by atoms with van der Waals surface area (Å²) < 4.78 is 0. The van der Waals surface area contributed by atoms with E-state index in [4.69, 9.17) is 5.84 Å². The van der Waals surface area contributed by atoms with Gasteiger partial charge in [0, 0.05) is 12.6 Å². The molecule has 0 aromatic heterocycles. The zero-order chi connectivity index (χ0) is 13.1. The molecule has 0 bridgehead atoms. The molecule has 0 radical (unpaired) electrons. The Hall–Kier alpha value is -0.610. The van der Waals surface area contributed by atoms with Crippen LogP contribution in [-0.2, 0) is 4.79 Å². The fraction of sp³-hybridized carbons (Fsp3) is 0.923. The number of amides is 1. The number of carbonyl (C=O) groups is 1. The first kappa shape index (κ1) is 14.5. The molecule has 2 atom stereocenters. The molecule has 1 amide bonds. The molecule has 17 heavy (non-hydrogen) atoms. The van der Waals surface area contributed by atoms with Crippen molar-refractivity contribution in [1.29, 1.82) is 0 Å². The van der Waals surface area contributed by atoms with E-state index in [1.54, 1.807) is 0 Å². The van der Waals surface area contributed by atoms with Crippen molar-refractivity contribution in [1.82, 2.24) is 10.3 Å². The van der Waals surface area contributed by atoms with Crippen LogP contribution >= 0.6 is 0 Å². The van der Waals surface area contributed by atoms with Gasteiger partial charge in [-0.3, -0.25) is 10.2 Å². The fourth-order valence-electron chi connectivity index (χ4n) is 2.82. The number of rotatable bonds is 4. The van der Waals surface area contributed by atoms with Crippen molar-refractivity contribution in [3.8, 4) is 0 Å². The van der Waals surface area contributed by atoms with Gasteiger partial charge in [-0.05, 0) is 39.7 Å². The predicted molar refractivity (Wildman–Crippen MR) is 70.2 cm³/mol. The first-order valence-corrected chi connectivity index (χ1v) is 6.58. The second-order valence-corrected chi connectivity index (χ2v) is 6.20. The quantitative estimate of drug-likeness (QED) is 0.445. The number of hydrazine groups is 1. The van der Waals surface area contributed by atoms with Gasteiger partial charge in [0.1, 0.15) is 0 Å². The van der Waals surface area contributed by atoms with Crippen molar-refractivity contribution in [3.05, 3.63) is 0 Å². The van der Waals surface area contributed by atoms with Gasteiger partial charge < -0.3 is 4.90 Å². The molecule has 0 aromatic rings. The molecule has 4 nitrogen and oxygen atoms in total. The maximum Gasteiger partial charge on any atom is 0.240 e. The molecule has 100 valence electrons. The van der Waals surface area contributed by atoms with Crippen LogP contribution in [0.1, 0.15) is 46.5 Å². The van der Waals surface area contributed by atoms with Gasteiger partial charge in [0.15, 0.2) is 0 Å². The second kappa shape index (κ2) is 5.83. The van der Waals surface area contributed by atoms with Gasteiger partial charge in [0.05, 0.1) is 5.41 Å². The summed E-state index contributed by atoms with van der Waals surface area (Å²) in [7, 11) is 2.12. The number of carbonyl (C=O) groups excluding carboxylic acids is 1. The third-order valence-corrected chi connectivity index (χ3v) is 3.92. The van der Waals surface area contributed by atoms with E-state index in [1.165, 1.54) is 25.7 Å². The van der Waals surface area contributed by atoms with Crippen LogP contribution in [0.5, 0.6) is 0 Å². The molecular formula is C13H27N3O. The minimum absolute atomic E-state index is 0.0896. The van der Waals surface area contributed by atoms with E-state index in [-0.39, 0.29) is 5.91 Å². The number of nitrogens with one attached hydrogen (secondary N) is 1. The Morgan fingerprint density at radius 3 is 2.65 bits per heavy atom. The van der Waals surface area contributed by atoms with Gasteiger partial charge in [-0.15, -0.1) is 0 Å². The number of hydrogen-bond donors (Lipinski definition) is 2. The zero-order valence-corrected chi connectivity index (χ0v) is 11.6. The average Bonchev–Trinajstić information content (AvgIpc) is 2.27. The van der Waals surface area contributed by atoms with Gasteiger partial charge in [-0.2, -0.15) is 0 Å². The Bertz CT molecular complexity index is 265. The lowest BCUT2D eigenvalue weighted by molar-refractivity contribution is -0.130. The highest BCUT2D eigenvalue weighted by Crippen LogP contribution is 2.28. The Morgan fingerprint density at radius 2 is 2.12 bits per heavy atom. The van der Waals surface area contributed by atoms with Crippen LogP contribution < -0.4 is 11.3 Å². The molecule has 2 unspecified atom stereocenters. The summed E-state index contributed by atoms with van der Waals surface area (Å²) in [6.45, 7) is 6.96. The van der Waals surface area contributed by atoms with E-state index in [0.29, 0.717) is 6.04 Å². The minimum atomic E-state index is -0.426. The molecule has 0 heterocycles. The third-order valence-electron chi connectivity index (χ3n) is 3.92. The summed E-state index contributed by atoms with van der Waals surface area (Å²) in [4.78, 5) is 14.0. The third kappa shape index (κ3) is 3.96. The number of nitrogens with zero attached hydrogens (tertiary/aromatic N) is 1. The first-order chi connectivity index (χ1) is 7.86. The molecule has 1 saturated carbocycles. The summed E-state index contributed by atoms with van der Waals surface area (Å²) in [5, 5.41) is 0. The summed E-state index contributed by atoms with van der Waals surface area (Å²) in [6, 6.07) is 0.614. The Balaban J connectivity index is 2.52. The smallest absolute Gasteiger partial charge is 0.240 e. The molecule has 0 spiro atoms. The maximum atomic E-state index is 11.7. The molecule has 0 aromatic carbocycles. The average molecular weight is 241 g/mol. The molecule has 0 aliphatic heterocycles. The standard InChI is InChI=1S/C13H27N3O/c1-10-6-5-7-11(8-10)16(4)9-13(2,3)12(17)15-14/h10-11H,5-9,14H2,1-4H3,(H,15,17). The van der Waals surface area contributed by atoms with Gasteiger partial charge in [0.2, 0.25) is 5.91 Å². The fourth-order valence-corrected chi connectivity index (χ4v) is 2.82. The lowest BCUT2D eigenvalue weighted by atomic mass is 9.84. The van der Waals surface area contributed by atoms with Crippen molar-refractivity contribution in [2.75, 3.05) is 13.6 Å². The van der Waals surface area contributed by atoms with Crippen molar-refractivity contribution in [2.24, 2.45) is 17.2 Å². The zero-order valence-electron chi connectivity index (χ0n) is 11.6. The topological polar surface area (TPSA) is 58.4 Å². The van der Waals surface area contributed by atoms with Crippen LogP contribution in [0.2, 0.25) is 0 Å². The highest BCUT2D eigenvalue weighted by atomic mass is 16.2. The summed E-state index contributed by atoms with van der Waals surface area (Å²) in [6.07, 6.45) is 5.15. The molecule has 4 heteroatoms. The Kier molecular flexibility index (Phi) is 4.95. The molecule has 3 N–H and O–H groups in total. The normalized spacial score (nSPS) is 26.0. The van der Waals surface area contributed by atoms with Gasteiger partial charge in [-0.25, -0.2) is 5.84 Å². The van der Waals surface area contributed by atoms with E-state index in [1.807, 2.05) is 13.8 Å². The highest BCUT2D eigenvalue weighted by molar-refractivity contribution is 5.81. The number of nitrogens with two attached hydrogens (primary N) is 1. The monoisotopic (exact) mass is 241 g/mol. The maximum absolute atomic E-state index is 11.7. The van der Waals surface area contributed by atoms with Crippen LogP contribution in [-0.4, -0.2) is 30.4 Å². The van der Waals surface area contributed by atoms with E-state index < -0.39 is 5.41 Å². The minimum Gasteiger partial charge on any atom is -0.302 e. The van der Waals surface area contributed by atoms with E-state index in [2.05, 4.69) is 24.3 Å². The van der Waals surface area contributed by atoms with Crippen LogP contribution in [0, 0.1) is 11.3 Å². The van der Waals surface area contributed by atoms with Crippen molar-refractivity contribution < 1.29 is 4.79 Å².